The minimum Gasteiger partial charge on any atom is -0.356 e. The number of sulfonamides is 1. The molecular weight excluding hydrogens is 360 g/mol. The maximum absolute atomic E-state index is 12.8. The zero-order valence-electron chi connectivity index (χ0n) is 16.3. The fourth-order valence-corrected chi connectivity index (χ4v) is 5.13. The molecule has 1 fully saturated rings. The third-order valence-corrected chi connectivity index (χ3v) is 6.99. The molecule has 1 atom stereocenters. The molecule has 0 aliphatic carbocycles. The molecule has 6 nitrogen and oxygen atoms in total. The molecule has 2 aromatic rings. The van der Waals surface area contributed by atoms with Gasteiger partial charge in [0, 0.05) is 37.9 Å². The Morgan fingerprint density at radius 1 is 1.11 bits per heavy atom. The van der Waals surface area contributed by atoms with Crippen LogP contribution in [-0.4, -0.2) is 48.9 Å². The summed E-state index contributed by atoms with van der Waals surface area (Å²) < 4.78 is 27.3. The topological polar surface area (TPSA) is 66.4 Å². The predicted molar refractivity (Wildman–Crippen MR) is 108 cm³/mol. The normalized spacial score (nSPS) is 18.5. The number of benzene rings is 1. The van der Waals surface area contributed by atoms with Crippen LogP contribution in [0.25, 0.3) is 0 Å². The van der Waals surface area contributed by atoms with Gasteiger partial charge in [-0.15, -0.1) is 0 Å². The number of hydrogen-bond acceptors (Lipinski definition) is 5. The van der Waals surface area contributed by atoms with Crippen LogP contribution in [0.1, 0.15) is 36.3 Å². The number of nitrogens with zero attached hydrogens (tertiary/aromatic N) is 4. The lowest BCUT2D eigenvalue weighted by Crippen LogP contribution is -2.38. The summed E-state index contributed by atoms with van der Waals surface area (Å²) in [5.41, 5.74) is 1.78. The molecule has 1 aromatic heterocycles. The Balaban J connectivity index is 1.68. The minimum atomic E-state index is -3.34. The van der Waals surface area contributed by atoms with Gasteiger partial charge < -0.3 is 4.90 Å². The number of aryl methyl sites for hydroxylation is 2. The molecule has 27 heavy (non-hydrogen) atoms. The summed E-state index contributed by atoms with van der Waals surface area (Å²) in [5.74, 6) is 1.76. The zero-order chi connectivity index (χ0) is 19.4. The summed E-state index contributed by atoms with van der Waals surface area (Å²) in [5, 5.41) is 0. The van der Waals surface area contributed by atoms with Gasteiger partial charge in [-0.3, -0.25) is 0 Å². The molecule has 1 aromatic carbocycles. The third-order valence-electron chi connectivity index (χ3n) is 5.12. The SMILES string of the molecule is Cc1cc(N2CCC[C@@H](N(C)S(=O)(=O)Cc3ccccc3)CC2)nc(C)n1. The van der Waals surface area contributed by atoms with Crippen LogP contribution in [0.2, 0.25) is 0 Å². The Hall–Kier alpha value is -1.99. The summed E-state index contributed by atoms with van der Waals surface area (Å²) in [6, 6.07) is 11.4. The van der Waals surface area contributed by atoms with E-state index in [2.05, 4.69) is 14.9 Å². The lowest BCUT2D eigenvalue weighted by atomic mass is 10.1. The number of anilines is 1. The Morgan fingerprint density at radius 2 is 1.85 bits per heavy atom. The first-order valence-corrected chi connectivity index (χ1v) is 11.0. The summed E-state index contributed by atoms with van der Waals surface area (Å²) in [7, 11) is -1.62. The molecule has 146 valence electrons. The molecule has 1 aliphatic rings. The fraction of sp³-hybridized carbons (Fsp3) is 0.500. The van der Waals surface area contributed by atoms with Gasteiger partial charge in [0.15, 0.2) is 0 Å². The van der Waals surface area contributed by atoms with Crippen LogP contribution in [0.4, 0.5) is 5.82 Å². The Kier molecular flexibility index (Phi) is 6.11. The summed E-state index contributed by atoms with van der Waals surface area (Å²) in [6.45, 7) is 5.56. The number of rotatable bonds is 5. The second kappa shape index (κ2) is 8.35. The molecule has 0 saturated carbocycles. The smallest absolute Gasteiger partial charge is 0.218 e. The van der Waals surface area contributed by atoms with Crippen molar-refractivity contribution in [1.29, 1.82) is 0 Å². The standard InChI is InChI=1S/C20H28N4O2S/c1-16-14-20(22-17(2)21-16)24-12-7-10-19(11-13-24)23(3)27(25,26)15-18-8-5-4-6-9-18/h4-6,8-9,14,19H,7,10-13,15H2,1-3H3/t19-/m1/s1. The molecule has 0 radical (unpaired) electrons. The molecule has 0 N–H and O–H groups in total. The average molecular weight is 389 g/mol. The van der Waals surface area contributed by atoms with Gasteiger partial charge in [-0.2, -0.15) is 0 Å². The molecule has 1 aliphatic heterocycles. The number of aromatic nitrogens is 2. The van der Waals surface area contributed by atoms with Crippen molar-refractivity contribution in [1.82, 2.24) is 14.3 Å². The van der Waals surface area contributed by atoms with E-state index in [9.17, 15) is 8.42 Å². The molecule has 7 heteroatoms. The van der Waals surface area contributed by atoms with E-state index in [0.29, 0.717) is 0 Å². The largest absolute Gasteiger partial charge is 0.356 e. The van der Waals surface area contributed by atoms with Crippen molar-refractivity contribution in [3.8, 4) is 0 Å². The summed E-state index contributed by atoms with van der Waals surface area (Å²) in [4.78, 5) is 11.1. The molecule has 0 amide bonds. The quantitative estimate of drug-likeness (QED) is 0.788. The van der Waals surface area contributed by atoms with Gasteiger partial charge >= 0.3 is 0 Å². The first-order chi connectivity index (χ1) is 12.8. The predicted octanol–water partition coefficient (Wildman–Crippen LogP) is 2.91. The van der Waals surface area contributed by atoms with E-state index in [1.807, 2.05) is 50.2 Å². The number of hydrogen-bond donors (Lipinski definition) is 0. The van der Waals surface area contributed by atoms with Crippen molar-refractivity contribution in [2.75, 3.05) is 25.0 Å². The van der Waals surface area contributed by atoms with Crippen LogP contribution < -0.4 is 4.90 Å². The van der Waals surface area contributed by atoms with Gasteiger partial charge in [-0.1, -0.05) is 30.3 Å². The van der Waals surface area contributed by atoms with E-state index in [1.54, 1.807) is 11.4 Å². The van der Waals surface area contributed by atoms with Crippen LogP contribution in [0.15, 0.2) is 36.4 Å². The highest BCUT2D eigenvalue weighted by Crippen LogP contribution is 2.23. The first kappa shape index (κ1) is 19.8. The van der Waals surface area contributed by atoms with Crippen LogP contribution in [0.5, 0.6) is 0 Å². The first-order valence-electron chi connectivity index (χ1n) is 9.42. The fourth-order valence-electron chi connectivity index (χ4n) is 3.64. The lowest BCUT2D eigenvalue weighted by Gasteiger charge is -2.27. The minimum absolute atomic E-state index is 0.0211. The molecular formula is C20H28N4O2S. The van der Waals surface area contributed by atoms with Crippen molar-refractivity contribution in [2.45, 2.75) is 44.9 Å². The molecule has 0 unspecified atom stereocenters. The van der Waals surface area contributed by atoms with Gasteiger partial charge in [0.2, 0.25) is 10.0 Å². The lowest BCUT2D eigenvalue weighted by molar-refractivity contribution is 0.341. The maximum atomic E-state index is 12.8. The Bertz CT molecular complexity index is 851. The highest BCUT2D eigenvalue weighted by atomic mass is 32.2. The van der Waals surface area contributed by atoms with Crippen molar-refractivity contribution in [3.63, 3.8) is 0 Å². The second-order valence-electron chi connectivity index (χ2n) is 7.24. The van der Waals surface area contributed by atoms with Crippen LogP contribution in [-0.2, 0) is 15.8 Å². The van der Waals surface area contributed by atoms with Gasteiger partial charge in [0.25, 0.3) is 0 Å². The maximum Gasteiger partial charge on any atom is 0.218 e. The van der Waals surface area contributed by atoms with Crippen LogP contribution in [0, 0.1) is 13.8 Å². The van der Waals surface area contributed by atoms with Crippen molar-refractivity contribution in [2.24, 2.45) is 0 Å². The zero-order valence-corrected chi connectivity index (χ0v) is 17.1. The van der Waals surface area contributed by atoms with E-state index in [1.165, 1.54) is 0 Å². The van der Waals surface area contributed by atoms with Crippen LogP contribution >= 0.6 is 0 Å². The molecule has 2 heterocycles. The third kappa shape index (κ3) is 5.05. The van der Waals surface area contributed by atoms with Gasteiger partial charge in [-0.25, -0.2) is 22.7 Å². The molecule has 1 saturated heterocycles. The van der Waals surface area contributed by atoms with Crippen molar-refractivity contribution in [3.05, 3.63) is 53.5 Å². The second-order valence-corrected chi connectivity index (χ2v) is 9.27. The molecule has 3 rings (SSSR count). The average Bonchev–Trinajstić information content (AvgIpc) is 2.87. The Labute approximate surface area is 162 Å². The highest BCUT2D eigenvalue weighted by Gasteiger charge is 2.28. The van der Waals surface area contributed by atoms with Crippen molar-refractivity contribution >= 4 is 15.8 Å². The van der Waals surface area contributed by atoms with E-state index in [0.717, 1.165) is 55.3 Å². The summed E-state index contributed by atoms with van der Waals surface area (Å²) in [6.07, 6.45) is 2.61. The highest BCUT2D eigenvalue weighted by molar-refractivity contribution is 7.88. The van der Waals surface area contributed by atoms with Crippen molar-refractivity contribution < 1.29 is 8.42 Å². The monoisotopic (exact) mass is 388 g/mol. The Morgan fingerprint density at radius 3 is 2.56 bits per heavy atom. The molecule has 0 spiro atoms. The van der Waals surface area contributed by atoms with E-state index >= 15 is 0 Å². The van der Waals surface area contributed by atoms with Gasteiger partial charge in [0.1, 0.15) is 11.6 Å². The van der Waals surface area contributed by atoms with Crippen LogP contribution in [0.3, 0.4) is 0 Å². The van der Waals surface area contributed by atoms with Gasteiger partial charge in [0.05, 0.1) is 5.75 Å². The van der Waals surface area contributed by atoms with E-state index < -0.39 is 10.0 Å². The van der Waals surface area contributed by atoms with E-state index in [-0.39, 0.29) is 11.8 Å². The summed E-state index contributed by atoms with van der Waals surface area (Å²) >= 11 is 0. The van der Waals surface area contributed by atoms with Gasteiger partial charge in [-0.05, 0) is 38.7 Å². The van der Waals surface area contributed by atoms with E-state index in [4.69, 9.17) is 0 Å². The molecule has 0 bridgehead atoms.